The average Bonchev–Trinajstić information content (AvgIpc) is 3.27. The van der Waals surface area contributed by atoms with Crippen molar-refractivity contribution in [2.24, 2.45) is 4.99 Å². The molecule has 0 saturated carbocycles. The van der Waals surface area contributed by atoms with Gasteiger partial charge in [0.1, 0.15) is 23.1 Å². The zero-order valence-electron chi connectivity index (χ0n) is 20.6. The molecule has 5 aromatic rings. The maximum Gasteiger partial charge on any atom is 0.238 e. The summed E-state index contributed by atoms with van der Waals surface area (Å²) in [5.74, 6) is 1.65. The molecule has 0 aliphatic rings. The Morgan fingerprint density at radius 3 is 2.19 bits per heavy atom. The van der Waals surface area contributed by atoms with E-state index in [1.807, 2.05) is 99.6 Å². The molecular weight excluding hydrogens is 444 g/mol. The van der Waals surface area contributed by atoms with Gasteiger partial charge >= 0.3 is 0 Å². The van der Waals surface area contributed by atoms with Crippen molar-refractivity contribution in [2.45, 2.75) is 20.8 Å². The summed E-state index contributed by atoms with van der Waals surface area (Å²) >= 11 is 0. The van der Waals surface area contributed by atoms with Crippen LogP contribution in [-0.4, -0.2) is 12.8 Å². The Morgan fingerprint density at radius 1 is 0.861 bits per heavy atom. The Balaban J connectivity index is 1.70. The lowest BCUT2D eigenvalue weighted by Crippen LogP contribution is -1.97. The number of furan rings is 1. The summed E-state index contributed by atoms with van der Waals surface area (Å²) in [6.07, 6.45) is 1.74. The van der Waals surface area contributed by atoms with E-state index in [9.17, 15) is 5.26 Å². The number of ether oxygens (including phenoxy) is 1. The topological polar surface area (TPSA) is 58.5 Å². The molecule has 4 heteroatoms. The summed E-state index contributed by atoms with van der Waals surface area (Å²) in [5.41, 5.74) is 6.12. The molecule has 0 aliphatic carbocycles. The molecule has 0 amide bonds. The van der Waals surface area contributed by atoms with Gasteiger partial charge in [-0.3, -0.25) is 0 Å². The van der Waals surface area contributed by atoms with Crippen LogP contribution in [0.3, 0.4) is 0 Å². The van der Waals surface area contributed by atoms with Gasteiger partial charge in [0.15, 0.2) is 0 Å². The molecule has 4 aromatic carbocycles. The van der Waals surface area contributed by atoms with Crippen molar-refractivity contribution in [1.29, 1.82) is 5.26 Å². The first-order chi connectivity index (χ1) is 17.6. The summed E-state index contributed by atoms with van der Waals surface area (Å²) in [5, 5.41) is 12.3. The Hall–Kier alpha value is -4.62. The Bertz CT molecular complexity index is 1600. The number of hydrogen-bond acceptors (Lipinski definition) is 4. The van der Waals surface area contributed by atoms with Gasteiger partial charge in [0.05, 0.1) is 6.61 Å². The van der Waals surface area contributed by atoms with E-state index in [4.69, 9.17) is 14.1 Å². The fourth-order valence-corrected chi connectivity index (χ4v) is 4.33. The number of rotatable bonds is 6. The number of aryl methyl sites for hydroxylation is 2. The van der Waals surface area contributed by atoms with Gasteiger partial charge in [0.25, 0.3) is 0 Å². The SMILES string of the molecule is CCOc1ccc2ccccc2c1C=Nc1oc(-c2ccc(C)cc2)c(-c2ccc(C)cc2)c1C#N. The van der Waals surface area contributed by atoms with Crippen molar-refractivity contribution < 1.29 is 9.15 Å². The van der Waals surface area contributed by atoms with Crippen LogP contribution in [0.25, 0.3) is 33.2 Å². The van der Waals surface area contributed by atoms with E-state index in [1.54, 1.807) is 6.21 Å². The van der Waals surface area contributed by atoms with E-state index >= 15 is 0 Å². The fourth-order valence-electron chi connectivity index (χ4n) is 4.33. The first kappa shape index (κ1) is 23.1. The van der Waals surface area contributed by atoms with Crippen molar-refractivity contribution in [1.82, 2.24) is 0 Å². The number of aliphatic imine (C=N–C) groups is 1. The van der Waals surface area contributed by atoms with E-state index in [-0.39, 0.29) is 5.88 Å². The largest absolute Gasteiger partial charge is 0.493 e. The third kappa shape index (κ3) is 4.39. The molecule has 5 rings (SSSR count). The Labute approximate surface area is 211 Å². The zero-order valence-corrected chi connectivity index (χ0v) is 20.6. The number of hydrogen-bond donors (Lipinski definition) is 0. The first-order valence-corrected chi connectivity index (χ1v) is 12.0. The lowest BCUT2D eigenvalue weighted by Gasteiger charge is -2.10. The highest BCUT2D eigenvalue weighted by Gasteiger charge is 2.23. The molecule has 0 atom stereocenters. The van der Waals surface area contributed by atoms with E-state index < -0.39 is 0 Å². The standard InChI is InChI=1S/C32H26N2O2/c1-4-35-29-18-17-23-7-5-6-8-26(23)28(29)20-34-32-27(19-33)30(24-13-9-21(2)10-14-24)31(36-32)25-15-11-22(3)12-16-25/h5-18,20H,4H2,1-3H3. The third-order valence-corrected chi connectivity index (χ3v) is 6.20. The fraction of sp³-hybridized carbons (Fsp3) is 0.125. The van der Waals surface area contributed by atoms with Crippen LogP contribution >= 0.6 is 0 Å². The number of benzene rings is 4. The molecule has 0 fully saturated rings. The maximum absolute atomic E-state index is 10.2. The maximum atomic E-state index is 10.2. The number of fused-ring (bicyclic) bond motifs is 1. The molecule has 0 spiro atoms. The molecule has 36 heavy (non-hydrogen) atoms. The van der Waals surface area contributed by atoms with E-state index in [0.29, 0.717) is 17.9 Å². The minimum atomic E-state index is 0.277. The minimum Gasteiger partial charge on any atom is -0.493 e. The first-order valence-electron chi connectivity index (χ1n) is 12.0. The predicted octanol–water partition coefficient (Wildman–Crippen LogP) is 8.40. The van der Waals surface area contributed by atoms with Gasteiger partial charge in [0.2, 0.25) is 5.88 Å². The molecule has 1 aromatic heterocycles. The molecule has 0 radical (unpaired) electrons. The molecule has 0 bridgehead atoms. The predicted molar refractivity (Wildman–Crippen MR) is 146 cm³/mol. The lowest BCUT2D eigenvalue weighted by molar-refractivity contribution is 0.340. The highest BCUT2D eigenvalue weighted by Crippen LogP contribution is 2.43. The monoisotopic (exact) mass is 470 g/mol. The smallest absolute Gasteiger partial charge is 0.238 e. The van der Waals surface area contributed by atoms with Crippen LogP contribution < -0.4 is 4.74 Å². The average molecular weight is 471 g/mol. The summed E-state index contributed by atoms with van der Waals surface area (Å²) in [6, 6.07) is 30.7. The van der Waals surface area contributed by atoms with Gasteiger partial charge in [-0.1, -0.05) is 90.0 Å². The van der Waals surface area contributed by atoms with Crippen molar-refractivity contribution in [3.63, 3.8) is 0 Å². The van der Waals surface area contributed by atoms with Crippen LogP contribution in [0.1, 0.15) is 29.2 Å². The second kappa shape index (κ2) is 9.93. The van der Waals surface area contributed by atoms with Gasteiger partial charge in [-0.25, -0.2) is 4.99 Å². The van der Waals surface area contributed by atoms with Gasteiger partial charge in [-0.05, 0) is 43.2 Å². The molecule has 0 unspecified atom stereocenters. The minimum absolute atomic E-state index is 0.277. The van der Waals surface area contributed by atoms with Crippen LogP contribution in [-0.2, 0) is 0 Å². The number of nitriles is 1. The van der Waals surface area contributed by atoms with E-state index in [2.05, 4.69) is 12.1 Å². The molecule has 4 nitrogen and oxygen atoms in total. The van der Waals surface area contributed by atoms with Crippen LogP contribution in [0, 0.1) is 25.2 Å². The van der Waals surface area contributed by atoms with Gasteiger partial charge in [-0.15, -0.1) is 0 Å². The third-order valence-electron chi connectivity index (χ3n) is 6.20. The Morgan fingerprint density at radius 2 is 1.53 bits per heavy atom. The highest BCUT2D eigenvalue weighted by atomic mass is 16.5. The second-order valence-electron chi connectivity index (χ2n) is 8.72. The molecule has 1 heterocycles. The molecule has 176 valence electrons. The summed E-state index contributed by atoms with van der Waals surface area (Å²) in [6.45, 7) is 6.58. The zero-order chi connectivity index (χ0) is 25.1. The highest BCUT2D eigenvalue weighted by molar-refractivity contribution is 6.03. The van der Waals surface area contributed by atoms with Gasteiger partial charge in [0, 0.05) is 22.9 Å². The van der Waals surface area contributed by atoms with Crippen molar-refractivity contribution >= 4 is 22.9 Å². The van der Waals surface area contributed by atoms with Crippen LogP contribution in [0.5, 0.6) is 5.75 Å². The van der Waals surface area contributed by atoms with E-state index in [1.165, 1.54) is 0 Å². The quantitative estimate of drug-likeness (QED) is 0.234. The van der Waals surface area contributed by atoms with Crippen molar-refractivity contribution in [3.8, 4) is 34.3 Å². The molecule has 0 saturated heterocycles. The van der Waals surface area contributed by atoms with Crippen LogP contribution in [0.2, 0.25) is 0 Å². The van der Waals surface area contributed by atoms with Gasteiger partial charge in [-0.2, -0.15) is 5.26 Å². The molecular formula is C32H26N2O2. The Kier molecular flexibility index (Phi) is 6.38. The lowest BCUT2D eigenvalue weighted by atomic mass is 9.97. The van der Waals surface area contributed by atoms with Crippen LogP contribution in [0.15, 0.2) is 94.3 Å². The summed E-state index contributed by atoms with van der Waals surface area (Å²) in [7, 11) is 0. The second-order valence-corrected chi connectivity index (χ2v) is 8.72. The molecule has 0 N–H and O–H groups in total. The van der Waals surface area contributed by atoms with Crippen LogP contribution in [0.4, 0.5) is 5.88 Å². The van der Waals surface area contributed by atoms with E-state index in [0.717, 1.165) is 49.9 Å². The normalized spacial score (nSPS) is 11.2. The summed E-state index contributed by atoms with van der Waals surface area (Å²) in [4.78, 5) is 4.71. The summed E-state index contributed by atoms with van der Waals surface area (Å²) < 4.78 is 12.2. The van der Waals surface area contributed by atoms with Crippen molar-refractivity contribution in [2.75, 3.05) is 6.61 Å². The number of nitrogens with zero attached hydrogens (tertiary/aromatic N) is 2. The molecule has 0 aliphatic heterocycles. The van der Waals surface area contributed by atoms with Gasteiger partial charge < -0.3 is 9.15 Å². The van der Waals surface area contributed by atoms with Crippen molar-refractivity contribution in [3.05, 3.63) is 107 Å².